The van der Waals surface area contributed by atoms with Gasteiger partial charge in [0.25, 0.3) is 0 Å². The first-order valence-electron chi connectivity index (χ1n) is 5.57. The molecule has 0 amide bonds. The summed E-state index contributed by atoms with van der Waals surface area (Å²) in [5.41, 5.74) is 5.58. The highest BCUT2D eigenvalue weighted by Gasteiger charge is 2.13. The largest absolute Gasteiger partial charge is 0.462 e. The van der Waals surface area contributed by atoms with Gasteiger partial charge in [-0.25, -0.2) is 0 Å². The Kier molecular flexibility index (Phi) is 8.33. The Morgan fingerprint density at radius 2 is 2.00 bits per heavy atom. The average Bonchev–Trinajstić information content (AvgIpc) is 2.16. The van der Waals surface area contributed by atoms with Crippen LogP contribution in [0.25, 0.3) is 0 Å². The fourth-order valence-corrected chi connectivity index (χ4v) is 1.06. The zero-order chi connectivity index (χ0) is 11.7. The third kappa shape index (κ3) is 8.39. The summed E-state index contributed by atoms with van der Waals surface area (Å²) in [6, 6.07) is -0.486. The molecular weight excluding hydrogens is 194 g/mol. The van der Waals surface area contributed by atoms with Gasteiger partial charge in [0.1, 0.15) is 12.6 Å². The first kappa shape index (κ1) is 14.4. The third-order valence-electron chi connectivity index (χ3n) is 1.83. The Labute approximate surface area is 92.1 Å². The minimum Gasteiger partial charge on any atom is -0.462 e. The molecule has 0 aliphatic heterocycles. The van der Waals surface area contributed by atoms with E-state index >= 15 is 0 Å². The van der Waals surface area contributed by atoms with Crippen LogP contribution in [0.1, 0.15) is 33.6 Å². The Balaban J connectivity index is 3.38. The second kappa shape index (κ2) is 8.68. The summed E-state index contributed by atoms with van der Waals surface area (Å²) in [5, 5.41) is 0. The summed E-state index contributed by atoms with van der Waals surface area (Å²) in [7, 11) is 0. The normalized spacial score (nSPS) is 12.9. The van der Waals surface area contributed by atoms with Crippen molar-refractivity contribution in [3.8, 4) is 0 Å². The van der Waals surface area contributed by atoms with Crippen LogP contribution in [-0.4, -0.2) is 31.8 Å². The number of hydrogen-bond donors (Lipinski definition) is 1. The van der Waals surface area contributed by atoms with Crippen LogP contribution in [0, 0.1) is 5.92 Å². The van der Waals surface area contributed by atoms with Crippen molar-refractivity contribution in [1.29, 1.82) is 0 Å². The van der Waals surface area contributed by atoms with Gasteiger partial charge in [-0.05, 0) is 12.3 Å². The van der Waals surface area contributed by atoms with Gasteiger partial charge in [-0.15, -0.1) is 0 Å². The Bertz CT molecular complexity index is 171. The molecule has 0 aromatic heterocycles. The topological polar surface area (TPSA) is 61.6 Å². The van der Waals surface area contributed by atoms with Crippen molar-refractivity contribution in [3.63, 3.8) is 0 Å². The molecule has 0 radical (unpaired) electrons. The van der Waals surface area contributed by atoms with Gasteiger partial charge in [-0.1, -0.05) is 27.2 Å². The number of esters is 1. The van der Waals surface area contributed by atoms with Crippen LogP contribution in [0.5, 0.6) is 0 Å². The molecule has 0 bridgehead atoms. The summed E-state index contributed by atoms with van der Waals surface area (Å²) in [5.74, 6) is 0.174. The molecule has 0 fully saturated rings. The predicted octanol–water partition coefficient (Wildman–Crippen LogP) is 1.33. The maximum atomic E-state index is 11.2. The number of ether oxygens (including phenoxy) is 2. The van der Waals surface area contributed by atoms with Crippen molar-refractivity contribution >= 4 is 5.97 Å². The van der Waals surface area contributed by atoms with E-state index < -0.39 is 6.04 Å². The molecule has 0 heterocycles. The van der Waals surface area contributed by atoms with Gasteiger partial charge in [0.2, 0.25) is 0 Å². The van der Waals surface area contributed by atoms with E-state index in [9.17, 15) is 4.79 Å². The van der Waals surface area contributed by atoms with Crippen molar-refractivity contribution < 1.29 is 14.3 Å². The SMILES string of the molecule is CCC[C@@H](N)C(=O)OCCOCC(C)C. The summed E-state index contributed by atoms with van der Waals surface area (Å²) >= 11 is 0. The van der Waals surface area contributed by atoms with E-state index in [-0.39, 0.29) is 5.97 Å². The molecule has 0 aliphatic rings. The Morgan fingerprint density at radius 1 is 1.33 bits per heavy atom. The van der Waals surface area contributed by atoms with E-state index in [4.69, 9.17) is 15.2 Å². The van der Waals surface area contributed by atoms with Crippen molar-refractivity contribution in [2.45, 2.75) is 39.7 Å². The molecule has 90 valence electrons. The standard InChI is InChI=1S/C11H23NO3/c1-4-5-10(12)11(13)15-7-6-14-8-9(2)3/h9-10H,4-8,12H2,1-3H3/t10-/m1/s1. The number of carbonyl (C=O) groups is 1. The highest BCUT2D eigenvalue weighted by Crippen LogP contribution is 1.96. The van der Waals surface area contributed by atoms with Crippen LogP contribution in [0.2, 0.25) is 0 Å². The van der Waals surface area contributed by atoms with E-state index in [0.717, 1.165) is 6.42 Å². The molecule has 0 saturated carbocycles. The predicted molar refractivity (Wildman–Crippen MR) is 59.5 cm³/mol. The van der Waals surface area contributed by atoms with E-state index in [1.807, 2.05) is 6.92 Å². The molecule has 0 aliphatic carbocycles. The molecule has 0 rings (SSSR count). The zero-order valence-corrected chi connectivity index (χ0v) is 9.99. The fourth-order valence-electron chi connectivity index (χ4n) is 1.06. The highest BCUT2D eigenvalue weighted by molar-refractivity contribution is 5.75. The van der Waals surface area contributed by atoms with Crippen LogP contribution in [0.15, 0.2) is 0 Å². The molecule has 2 N–H and O–H groups in total. The minimum absolute atomic E-state index is 0.295. The van der Waals surface area contributed by atoms with Crippen LogP contribution >= 0.6 is 0 Å². The summed E-state index contributed by atoms with van der Waals surface area (Å²) in [6.45, 7) is 7.57. The Hall–Kier alpha value is -0.610. The van der Waals surface area contributed by atoms with E-state index in [2.05, 4.69) is 13.8 Å². The molecule has 0 spiro atoms. The molecule has 0 saturated heterocycles. The highest BCUT2D eigenvalue weighted by atomic mass is 16.6. The van der Waals surface area contributed by atoms with Gasteiger partial charge >= 0.3 is 5.97 Å². The number of rotatable bonds is 8. The molecular formula is C11H23NO3. The van der Waals surface area contributed by atoms with E-state index in [1.165, 1.54) is 0 Å². The molecule has 0 aromatic rings. The first-order valence-corrected chi connectivity index (χ1v) is 5.57. The second-order valence-corrected chi connectivity index (χ2v) is 4.03. The van der Waals surface area contributed by atoms with Crippen molar-refractivity contribution in [2.75, 3.05) is 19.8 Å². The van der Waals surface area contributed by atoms with Crippen LogP contribution < -0.4 is 5.73 Å². The summed E-state index contributed by atoms with van der Waals surface area (Å²) < 4.78 is 10.2. The molecule has 15 heavy (non-hydrogen) atoms. The van der Waals surface area contributed by atoms with Crippen LogP contribution in [-0.2, 0) is 14.3 Å². The van der Waals surface area contributed by atoms with Gasteiger partial charge in [-0.2, -0.15) is 0 Å². The third-order valence-corrected chi connectivity index (χ3v) is 1.83. The number of nitrogens with two attached hydrogens (primary N) is 1. The van der Waals surface area contributed by atoms with Crippen LogP contribution in [0.4, 0.5) is 0 Å². The second-order valence-electron chi connectivity index (χ2n) is 4.03. The summed E-state index contributed by atoms with van der Waals surface area (Å²) in [4.78, 5) is 11.2. The van der Waals surface area contributed by atoms with Gasteiger partial charge in [-0.3, -0.25) is 4.79 Å². The molecule has 0 aromatic carbocycles. The summed E-state index contributed by atoms with van der Waals surface area (Å²) in [6.07, 6.45) is 1.56. The quantitative estimate of drug-likeness (QED) is 0.492. The van der Waals surface area contributed by atoms with Crippen LogP contribution in [0.3, 0.4) is 0 Å². The molecule has 4 heteroatoms. The van der Waals surface area contributed by atoms with E-state index in [0.29, 0.717) is 32.2 Å². The minimum atomic E-state index is -0.486. The molecule has 4 nitrogen and oxygen atoms in total. The Morgan fingerprint density at radius 3 is 2.53 bits per heavy atom. The maximum absolute atomic E-state index is 11.2. The van der Waals surface area contributed by atoms with Gasteiger partial charge in [0, 0.05) is 6.61 Å². The lowest BCUT2D eigenvalue weighted by atomic mass is 10.2. The van der Waals surface area contributed by atoms with E-state index in [1.54, 1.807) is 0 Å². The number of hydrogen-bond acceptors (Lipinski definition) is 4. The lowest BCUT2D eigenvalue weighted by Crippen LogP contribution is -2.32. The first-order chi connectivity index (χ1) is 7.07. The van der Waals surface area contributed by atoms with Crippen molar-refractivity contribution in [2.24, 2.45) is 11.7 Å². The lowest BCUT2D eigenvalue weighted by Gasteiger charge is -2.11. The number of carbonyl (C=O) groups excluding carboxylic acids is 1. The maximum Gasteiger partial charge on any atom is 0.322 e. The monoisotopic (exact) mass is 217 g/mol. The fraction of sp³-hybridized carbons (Fsp3) is 0.909. The van der Waals surface area contributed by atoms with Gasteiger partial charge < -0.3 is 15.2 Å². The van der Waals surface area contributed by atoms with Gasteiger partial charge in [0.15, 0.2) is 0 Å². The molecule has 1 atom stereocenters. The lowest BCUT2D eigenvalue weighted by molar-refractivity contribution is -0.147. The smallest absolute Gasteiger partial charge is 0.322 e. The van der Waals surface area contributed by atoms with Crippen molar-refractivity contribution in [1.82, 2.24) is 0 Å². The van der Waals surface area contributed by atoms with Crippen molar-refractivity contribution in [3.05, 3.63) is 0 Å². The molecule has 0 unspecified atom stereocenters. The zero-order valence-electron chi connectivity index (χ0n) is 9.99. The average molecular weight is 217 g/mol. The van der Waals surface area contributed by atoms with Gasteiger partial charge in [0.05, 0.1) is 6.61 Å².